The molecule has 1 fully saturated rings. The lowest BCUT2D eigenvalue weighted by molar-refractivity contribution is -0.131. The molecule has 0 saturated heterocycles. The van der Waals surface area contributed by atoms with Gasteiger partial charge in [0.2, 0.25) is 5.91 Å². The Morgan fingerprint density at radius 3 is 2.67 bits per heavy atom. The van der Waals surface area contributed by atoms with Crippen LogP contribution in [0.2, 0.25) is 5.02 Å². The molecule has 1 saturated carbocycles. The van der Waals surface area contributed by atoms with Crippen LogP contribution in [0.4, 0.5) is 0 Å². The van der Waals surface area contributed by atoms with Crippen molar-refractivity contribution >= 4 is 34.1 Å². The second-order valence-corrected chi connectivity index (χ2v) is 8.73. The van der Waals surface area contributed by atoms with Crippen molar-refractivity contribution in [3.05, 3.63) is 82.9 Å². The number of fused-ring (bicyclic) bond motifs is 1. The number of amides is 1. The van der Waals surface area contributed by atoms with Crippen molar-refractivity contribution < 1.29 is 4.79 Å². The quantitative estimate of drug-likeness (QED) is 0.524. The second kappa shape index (κ2) is 8.23. The summed E-state index contributed by atoms with van der Waals surface area (Å²) in [5.41, 5.74) is 2.45. The van der Waals surface area contributed by atoms with Crippen LogP contribution >= 0.6 is 11.6 Å². The van der Waals surface area contributed by atoms with Crippen LogP contribution in [0.1, 0.15) is 36.3 Å². The molecule has 3 aromatic rings. The lowest BCUT2D eigenvalue weighted by Crippen LogP contribution is -2.40. The number of aliphatic imine (C=N–C) groups is 1. The van der Waals surface area contributed by atoms with E-state index >= 15 is 0 Å². The Labute approximate surface area is 182 Å². The first-order chi connectivity index (χ1) is 14.7. The van der Waals surface area contributed by atoms with E-state index < -0.39 is 0 Å². The summed E-state index contributed by atoms with van der Waals surface area (Å²) in [5.74, 6) is 1.46. The number of benzene rings is 3. The van der Waals surface area contributed by atoms with Gasteiger partial charge in [-0.25, -0.2) is 0 Å². The minimum Gasteiger partial charge on any atom is -0.298 e. The van der Waals surface area contributed by atoms with Gasteiger partial charge in [0.05, 0.1) is 6.54 Å². The summed E-state index contributed by atoms with van der Waals surface area (Å²) in [7, 11) is 0. The molecule has 0 radical (unpaired) electrons. The standard InChI is InChI=1S/C26H25ClN2O/c27-21-13-11-19(12-14-21)23-9-4-10-24(23)26(30)29-16-15-28-25(29)17-20-7-3-6-18-5-1-2-8-22(18)20/h1-3,5-8,11-14,23-24H,4,9-10,15-17H2. The van der Waals surface area contributed by atoms with Gasteiger partial charge in [-0.05, 0) is 52.8 Å². The molecule has 1 amide bonds. The molecule has 0 bridgehead atoms. The molecule has 4 heteroatoms. The number of halogens is 1. The summed E-state index contributed by atoms with van der Waals surface area (Å²) in [6.45, 7) is 1.40. The fourth-order valence-electron chi connectivity index (χ4n) is 5.06. The molecule has 1 aliphatic heterocycles. The highest BCUT2D eigenvalue weighted by Crippen LogP contribution is 2.41. The zero-order valence-corrected chi connectivity index (χ0v) is 17.7. The van der Waals surface area contributed by atoms with Crippen LogP contribution in [0.25, 0.3) is 10.8 Å². The summed E-state index contributed by atoms with van der Waals surface area (Å²) in [4.78, 5) is 20.3. The molecular weight excluding hydrogens is 392 g/mol. The van der Waals surface area contributed by atoms with Crippen molar-refractivity contribution in [2.75, 3.05) is 13.1 Å². The molecular formula is C26H25ClN2O. The Morgan fingerprint density at radius 2 is 1.80 bits per heavy atom. The molecule has 1 aliphatic carbocycles. The third-order valence-electron chi connectivity index (χ3n) is 6.56. The molecule has 0 aromatic heterocycles. The maximum Gasteiger partial charge on any atom is 0.231 e. The minimum atomic E-state index is 0.0296. The third-order valence-corrected chi connectivity index (χ3v) is 6.81. The highest BCUT2D eigenvalue weighted by Gasteiger charge is 2.38. The molecule has 3 aromatic carbocycles. The van der Waals surface area contributed by atoms with Crippen LogP contribution in [-0.2, 0) is 11.2 Å². The number of nitrogens with zero attached hydrogens (tertiary/aromatic N) is 2. The highest BCUT2D eigenvalue weighted by atomic mass is 35.5. The van der Waals surface area contributed by atoms with Crippen molar-refractivity contribution in [1.82, 2.24) is 4.90 Å². The molecule has 5 rings (SSSR count). The monoisotopic (exact) mass is 416 g/mol. The van der Waals surface area contributed by atoms with Gasteiger partial charge in [0.15, 0.2) is 0 Å². The van der Waals surface area contributed by atoms with Crippen LogP contribution in [0.3, 0.4) is 0 Å². The topological polar surface area (TPSA) is 32.7 Å². The molecule has 2 unspecified atom stereocenters. The Hall–Kier alpha value is -2.65. The maximum absolute atomic E-state index is 13.6. The van der Waals surface area contributed by atoms with E-state index in [4.69, 9.17) is 16.6 Å². The number of carbonyl (C=O) groups is 1. The molecule has 30 heavy (non-hydrogen) atoms. The van der Waals surface area contributed by atoms with Gasteiger partial charge in [0.1, 0.15) is 5.84 Å². The molecule has 2 aliphatic rings. The van der Waals surface area contributed by atoms with E-state index in [1.165, 1.54) is 21.9 Å². The smallest absolute Gasteiger partial charge is 0.231 e. The van der Waals surface area contributed by atoms with E-state index in [0.717, 1.165) is 30.1 Å². The normalized spacial score (nSPS) is 21.2. The van der Waals surface area contributed by atoms with Crippen molar-refractivity contribution in [3.63, 3.8) is 0 Å². The van der Waals surface area contributed by atoms with Crippen molar-refractivity contribution in [2.24, 2.45) is 10.9 Å². The Bertz CT molecular complexity index is 1100. The Morgan fingerprint density at radius 1 is 1.00 bits per heavy atom. The lowest BCUT2D eigenvalue weighted by Gasteiger charge is -2.26. The van der Waals surface area contributed by atoms with Gasteiger partial charge in [0, 0.05) is 23.9 Å². The molecule has 2 atom stereocenters. The predicted molar refractivity (Wildman–Crippen MR) is 123 cm³/mol. The molecule has 3 nitrogen and oxygen atoms in total. The highest BCUT2D eigenvalue weighted by molar-refractivity contribution is 6.30. The minimum absolute atomic E-state index is 0.0296. The van der Waals surface area contributed by atoms with Crippen molar-refractivity contribution in [2.45, 2.75) is 31.6 Å². The zero-order valence-electron chi connectivity index (χ0n) is 16.9. The first-order valence-corrected chi connectivity index (χ1v) is 11.2. The molecule has 0 N–H and O–H groups in total. The largest absolute Gasteiger partial charge is 0.298 e. The first-order valence-electron chi connectivity index (χ1n) is 10.8. The van der Waals surface area contributed by atoms with Crippen molar-refractivity contribution in [3.8, 4) is 0 Å². The fourth-order valence-corrected chi connectivity index (χ4v) is 5.19. The van der Waals surface area contributed by atoms with Gasteiger partial charge < -0.3 is 0 Å². The molecule has 1 heterocycles. The van der Waals surface area contributed by atoms with E-state index in [1.54, 1.807) is 0 Å². The summed E-state index contributed by atoms with van der Waals surface area (Å²) in [6.07, 6.45) is 3.80. The second-order valence-electron chi connectivity index (χ2n) is 8.30. The average molecular weight is 417 g/mol. The van der Waals surface area contributed by atoms with Crippen molar-refractivity contribution in [1.29, 1.82) is 0 Å². The molecule has 0 spiro atoms. The first kappa shape index (κ1) is 19.3. The van der Waals surface area contributed by atoms with Gasteiger partial charge in [-0.15, -0.1) is 0 Å². The van der Waals surface area contributed by atoms with E-state index in [1.807, 2.05) is 17.0 Å². The van der Waals surface area contributed by atoms with E-state index in [-0.39, 0.29) is 17.7 Å². The lowest BCUT2D eigenvalue weighted by atomic mass is 9.88. The number of carbonyl (C=O) groups excluding carboxylic acids is 1. The van der Waals surface area contributed by atoms with Gasteiger partial charge >= 0.3 is 0 Å². The summed E-state index contributed by atoms with van der Waals surface area (Å²) in [5, 5.41) is 3.20. The van der Waals surface area contributed by atoms with Gasteiger partial charge in [-0.3, -0.25) is 14.7 Å². The van der Waals surface area contributed by atoms with E-state index in [2.05, 4.69) is 54.6 Å². The van der Waals surface area contributed by atoms with Crippen LogP contribution in [0.5, 0.6) is 0 Å². The van der Waals surface area contributed by atoms with E-state index in [0.29, 0.717) is 19.5 Å². The Balaban J connectivity index is 1.37. The number of amidine groups is 1. The number of hydrogen-bond donors (Lipinski definition) is 0. The summed E-state index contributed by atoms with van der Waals surface area (Å²) in [6, 6.07) is 22.8. The summed E-state index contributed by atoms with van der Waals surface area (Å²) < 4.78 is 0. The summed E-state index contributed by atoms with van der Waals surface area (Å²) >= 11 is 6.07. The van der Waals surface area contributed by atoms with Crippen LogP contribution in [0, 0.1) is 5.92 Å². The SMILES string of the molecule is O=C(C1CCCC1c1ccc(Cl)cc1)N1CCN=C1Cc1cccc2ccccc12. The predicted octanol–water partition coefficient (Wildman–Crippen LogP) is 5.86. The maximum atomic E-state index is 13.6. The Kier molecular flexibility index (Phi) is 5.30. The average Bonchev–Trinajstić information content (AvgIpc) is 3.44. The molecule has 152 valence electrons. The van der Waals surface area contributed by atoms with Gasteiger partial charge in [-0.1, -0.05) is 72.6 Å². The fraction of sp³-hybridized carbons (Fsp3) is 0.308. The van der Waals surface area contributed by atoms with E-state index in [9.17, 15) is 4.79 Å². The van der Waals surface area contributed by atoms with Gasteiger partial charge in [-0.2, -0.15) is 0 Å². The third kappa shape index (κ3) is 3.63. The van der Waals surface area contributed by atoms with Crippen LogP contribution in [-0.4, -0.2) is 29.7 Å². The number of hydrogen-bond acceptors (Lipinski definition) is 2. The van der Waals surface area contributed by atoms with Crippen LogP contribution in [0.15, 0.2) is 71.7 Å². The zero-order chi connectivity index (χ0) is 20.5. The van der Waals surface area contributed by atoms with Gasteiger partial charge in [0.25, 0.3) is 0 Å². The number of rotatable bonds is 4. The van der Waals surface area contributed by atoms with Crippen LogP contribution < -0.4 is 0 Å².